The summed E-state index contributed by atoms with van der Waals surface area (Å²) in [5.41, 5.74) is 0.929. The van der Waals surface area contributed by atoms with Crippen molar-refractivity contribution in [1.29, 1.82) is 0 Å². The number of aromatic nitrogens is 2. The first kappa shape index (κ1) is 11.4. The molecule has 0 amide bonds. The molecule has 1 aromatic heterocycles. The largest absolute Gasteiger partial charge is 0.311 e. The van der Waals surface area contributed by atoms with Crippen molar-refractivity contribution in [2.45, 2.75) is 51.9 Å². The SMILES string of the molecule is Cc1nc(CCC2CCCCC2)cc(=O)[nH]1. The summed E-state index contributed by atoms with van der Waals surface area (Å²) < 4.78 is 0. The minimum absolute atomic E-state index is 0.0221. The molecule has 0 saturated heterocycles. The minimum atomic E-state index is -0.0221. The zero-order valence-corrected chi connectivity index (χ0v) is 9.96. The highest BCUT2D eigenvalue weighted by Gasteiger charge is 2.13. The van der Waals surface area contributed by atoms with Crippen molar-refractivity contribution in [3.63, 3.8) is 0 Å². The lowest BCUT2D eigenvalue weighted by Gasteiger charge is -2.21. The van der Waals surface area contributed by atoms with Crippen LogP contribution in [0, 0.1) is 12.8 Å². The first-order valence-electron chi connectivity index (χ1n) is 6.31. The normalized spacial score (nSPS) is 17.6. The molecule has 3 nitrogen and oxygen atoms in total. The highest BCUT2D eigenvalue weighted by Crippen LogP contribution is 2.27. The van der Waals surface area contributed by atoms with Gasteiger partial charge in [-0.1, -0.05) is 32.1 Å². The molecule has 0 atom stereocenters. The van der Waals surface area contributed by atoms with Crippen LogP contribution in [-0.2, 0) is 6.42 Å². The summed E-state index contributed by atoms with van der Waals surface area (Å²) in [6, 6.07) is 1.63. The molecule has 0 unspecified atom stereocenters. The predicted molar refractivity (Wildman–Crippen MR) is 64.5 cm³/mol. The van der Waals surface area contributed by atoms with Crippen LogP contribution in [-0.4, -0.2) is 9.97 Å². The van der Waals surface area contributed by atoms with Gasteiger partial charge in [0, 0.05) is 11.8 Å². The minimum Gasteiger partial charge on any atom is -0.311 e. The van der Waals surface area contributed by atoms with Crippen LogP contribution in [0.25, 0.3) is 0 Å². The Kier molecular flexibility index (Phi) is 3.75. The molecular weight excluding hydrogens is 200 g/mol. The molecule has 0 spiro atoms. The zero-order valence-electron chi connectivity index (χ0n) is 9.96. The van der Waals surface area contributed by atoms with Crippen LogP contribution in [0.15, 0.2) is 10.9 Å². The van der Waals surface area contributed by atoms with Gasteiger partial charge in [-0.15, -0.1) is 0 Å². The summed E-state index contributed by atoms with van der Waals surface area (Å²) in [6.07, 6.45) is 9.04. The number of rotatable bonds is 3. The standard InChI is InChI=1S/C13H20N2O/c1-10-14-12(9-13(16)15-10)8-7-11-5-3-2-4-6-11/h9,11H,2-8H2,1H3,(H,14,15,16). The molecule has 2 rings (SSSR count). The van der Waals surface area contributed by atoms with Crippen LogP contribution in [0.1, 0.15) is 50.0 Å². The van der Waals surface area contributed by atoms with E-state index in [-0.39, 0.29) is 5.56 Å². The van der Waals surface area contributed by atoms with Gasteiger partial charge in [0.25, 0.3) is 5.56 Å². The Labute approximate surface area is 96.3 Å². The number of nitrogens with zero attached hydrogens (tertiary/aromatic N) is 1. The molecule has 0 aromatic carbocycles. The maximum atomic E-state index is 11.3. The van der Waals surface area contributed by atoms with Crippen molar-refractivity contribution in [2.24, 2.45) is 5.92 Å². The van der Waals surface area contributed by atoms with Crippen molar-refractivity contribution >= 4 is 0 Å². The second-order valence-electron chi connectivity index (χ2n) is 4.86. The van der Waals surface area contributed by atoms with E-state index in [9.17, 15) is 4.79 Å². The summed E-state index contributed by atoms with van der Waals surface area (Å²) in [6.45, 7) is 1.84. The van der Waals surface area contributed by atoms with Gasteiger partial charge in [-0.2, -0.15) is 0 Å². The highest BCUT2D eigenvalue weighted by molar-refractivity contribution is 5.02. The maximum absolute atomic E-state index is 11.3. The van der Waals surface area contributed by atoms with E-state index in [2.05, 4.69) is 9.97 Å². The van der Waals surface area contributed by atoms with Crippen LogP contribution in [0.2, 0.25) is 0 Å². The van der Waals surface area contributed by atoms with Gasteiger partial charge in [0.1, 0.15) is 5.82 Å². The monoisotopic (exact) mass is 220 g/mol. The number of hydrogen-bond acceptors (Lipinski definition) is 2. The van der Waals surface area contributed by atoms with Crippen LogP contribution in [0.3, 0.4) is 0 Å². The fourth-order valence-electron chi connectivity index (χ4n) is 2.60. The maximum Gasteiger partial charge on any atom is 0.251 e. The average Bonchev–Trinajstić information content (AvgIpc) is 2.27. The number of H-pyrrole nitrogens is 1. The van der Waals surface area contributed by atoms with Crippen LogP contribution in [0.5, 0.6) is 0 Å². The topological polar surface area (TPSA) is 45.8 Å². The predicted octanol–water partition coefficient (Wildman–Crippen LogP) is 2.59. The molecule has 16 heavy (non-hydrogen) atoms. The van der Waals surface area contributed by atoms with Crippen LogP contribution in [0.4, 0.5) is 0 Å². The Hall–Kier alpha value is -1.12. The number of aryl methyl sites for hydroxylation is 2. The lowest BCUT2D eigenvalue weighted by atomic mass is 9.86. The second kappa shape index (κ2) is 5.28. The smallest absolute Gasteiger partial charge is 0.251 e. The van der Waals surface area contributed by atoms with Crippen molar-refractivity contribution in [3.8, 4) is 0 Å². The van der Waals surface area contributed by atoms with Crippen molar-refractivity contribution in [2.75, 3.05) is 0 Å². The molecular formula is C13H20N2O. The van der Waals surface area contributed by atoms with Gasteiger partial charge in [0.15, 0.2) is 0 Å². The average molecular weight is 220 g/mol. The Bertz CT molecular complexity index is 391. The molecule has 1 N–H and O–H groups in total. The summed E-state index contributed by atoms with van der Waals surface area (Å²) in [5.74, 6) is 1.58. The third-order valence-electron chi connectivity index (χ3n) is 3.45. The Morgan fingerprint density at radius 1 is 1.38 bits per heavy atom. The quantitative estimate of drug-likeness (QED) is 0.851. The Balaban J connectivity index is 1.90. The van der Waals surface area contributed by atoms with E-state index >= 15 is 0 Å². The first-order chi connectivity index (χ1) is 7.74. The van der Waals surface area contributed by atoms with Gasteiger partial charge >= 0.3 is 0 Å². The fraction of sp³-hybridized carbons (Fsp3) is 0.692. The van der Waals surface area contributed by atoms with Gasteiger partial charge in [-0.25, -0.2) is 4.98 Å². The first-order valence-corrected chi connectivity index (χ1v) is 6.31. The van der Waals surface area contributed by atoms with Crippen molar-refractivity contribution in [1.82, 2.24) is 9.97 Å². The molecule has 1 heterocycles. The highest BCUT2D eigenvalue weighted by atomic mass is 16.1. The van der Waals surface area contributed by atoms with Crippen LogP contribution < -0.4 is 5.56 Å². The number of hydrogen-bond donors (Lipinski definition) is 1. The molecule has 1 aliphatic carbocycles. The van der Waals surface area contributed by atoms with Gasteiger partial charge in [-0.05, 0) is 25.7 Å². The molecule has 1 fully saturated rings. The molecule has 3 heteroatoms. The summed E-state index contributed by atoms with van der Waals surface area (Å²) in [7, 11) is 0. The van der Waals surface area contributed by atoms with Crippen molar-refractivity contribution in [3.05, 3.63) is 27.9 Å². The number of nitrogens with one attached hydrogen (secondary N) is 1. The molecule has 1 saturated carbocycles. The third kappa shape index (κ3) is 3.19. The molecule has 0 bridgehead atoms. The van der Waals surface area contributed by atoms with E-state index in [4.69, 9.17) is 0 Å². The van der Waals surface area contributed by atoms with Crippen LogP contribution >= 0.6 is 0 Å². The van der Waals surface area contributed by atoms with Gasteiger partial charge in [-0.3, -0.25) is 4.79 Å². The lowest BCUT2D eigenvalue weighted by molar-refractivity contribution is 0.338. The molecule has 0 radical (unpaired) electrons. The van der Waals surface area contributed by atoms with E-state index in [1.807, 2.05) is 6.92 Å². The van der Waals surface area contributed by atoms with Crippen molar-refractivity contribution < 1.29 is 0 Å². The molecule has 88 valence electrons. The van der Waals surface area contributed by atoms with Gasteiger partial charge < -0.3 is 4.98 Å². The molecule has 1 aliphatic rings. The molecule has 0 aliphatic heterocycles. The van der Waals surface area contributed by atoms with E-state index in [0.29, 0.717) is 0 Å². The Morgan fingerprint density at radius 2 is 2.12 bits per heavy atom. The van der Waals surface area contributed by atoms with E-state index in [1.165, 1.54) is 38.5 Å². The number of aromatic amines is 1. The zero-order chi connectivity index (χ0) is 11.4. The Morgan fingerprint density at radius 3 is 2.81 bits per heavy atom. The third-order valence-corrected chi connectivity index (χ3v) is 3.45. The molecule has 1 aromatic rings. The summed E-state index contributed by atoms with van der Waals surface area (Å²) in [4.78, 5) is 18.3. The lowest BCUT2D eigenvalue weighted by Crippen LogP contribution is -2.12. The van der Waals surface area contributed by atoms with Gasteiger partial charge in [0.2, 0.25) is 0 Å². The second-order valence-corrected chi connectivity index (χ2v) is 4.86. The summed E-state index contributed by atoms with van der Waals surface area (Å²) >= 11 is 0. The fourth-order valence-corrected chi connectivity index (χ4v) is 2.60. The van der Waals surface area contributed by atoms with E-state index in [1.54, 1.807) is 6.07 Å². The van der Waals surface area contributed by atoms with E-state index < -0.39 is 0 Å². The van der Waals surface area contributed by atoms with E-state index in [0.717, 1.165) is 23.9 Å². The van der Waals surface area contributed by atoms with Gasteiger partial charge in [0.05, 0.1) is 0 Å². The summed E-state index contributed by atoms with van der Waals surface area (Å²) in [5, 5.41) is 0.